The summed E-state index contributed by atoms with van der Waals surface area (Å²) in [5, 5.41) is 3.31. The number of carbonyl (C=O) groups excluding carboxylic acids is 1. The second kappa shape index (κ2) is 7.20. The molecule has 0 spiro atoms. The van der Waals surface area contributed by atoms with Gasteiger partial charge in [-0.05, 0) is 60.9 Å². The van der Waals surface area contributed by atoms with Gasteiger partial charge in [-0.1, -0.05) is 36.4 Å². The minimum absolute atomic E-state index is 0.0362. The molecule has 4 heteroatoms. The lowest BCUT2D eigenvalue weighted by atomic mass is 9.73. The Labute approximate surface area is 153 Å². The molecule has 1 saturated heterocycles. The SMILES string of the molecule is O=C(NC1CCCc2ccccc21)C1(c2ccc(F)cc2)CCOCC1. The first-order chi connectivity index (χ1) is 12.7. The average Bonchev–Trinajstić information content (AvgIpc) is 2.69. The molecule has 4 rings (SSSR count). The van der Waals surface area contributed by atoms with Crippen LogP contribution in [0.4, 0.5) is 4.39 Å². The zero-order valence-electron chi connectivity index (χ0n) is 14.8. The summed E-state index contributed by atoms with van der Waals surface area (Å²) in [4.78, 5) is 13.4. The molecule has 1 fully saturated rings. The summed E-state index contributed by atoms with van der Waals surface area (Å²) in [6.45, 7) is 1.10. The van der Waals surface area contributed by atoms with Crippen LogP contribution >= 0.6 is 0 Å². The fourth-order valence-electron chi connectivity index (χ4n) is 4.34. The van der Waals surface area contributed by atoms with E-state index in [-0.39, 0.29) is 17.8 Å². The van der Waals surface area contributed by atoms with Gasteiger partial charge in [-0.3, -0.25) is 4.79 Å². The molecule has 2 aromatic rings. The first-order valence-corrected chi connectivity index (χ1v) is 9.42. The molecule has 1 atom stereocenters. The molecule has 0 bridgehead atoms. The summed E-state index contributed by atoms with van der Waals surface area (Å²) < 4.78 is 18.9. The van der Waals surface area contributed by atoms with E-state index in [0.29, 0.717) is 26.1 Å². The molecule has 1 amide bonds. The van der Waals surface area contributed by atoms with Gasteiger partial charge in [0, 0.05) is 13.2 Å². The van der Waals surface area contributed by atoms with Crippen molar-refractivity contribution in [2.45, 2.75) is 43.6 Å². The number of halogens is 1. The van der Waals surface area contributed by atoms with Gasteiger partial charge in [-0.15, -0.1) is 0 Å². The van der Waals surface area contributed by atoms with Crippen molar-refractivity contribution in [3.63, 3.8) is 0 Å². The van der Waals surface area contributed by atoms with E-state index in [0.717, 1.165) is 24.8 Å². The van der Waals surface area contributed by atoms with Gasteiger partial charge in [0.05, 0.1) is 11.5 Å². The normalized spacial score (nSPS) is 21.7. The summed E-state index contributed by atoms with van der Waals surface area (Å²) in [6, 6.07) is 14.8. The van der Waals surface area contributed by atoms with Crippen LogP contribution in [0, 0.1) is 5.82 Å². The summed E-state index contributed by atoms with van der Waals surface area (Å²) in [5.41, 5.74) is 2.79. The highest BCUT2D eigenvalue weighted by atomic mass is 19.1. The number of aryl methyl sites for hydroxylation is 1. The number of ether oxygens (including phenoxy) is 1. The molecular weight excluding hydrogens is 329 g/mol. The third-order valence-electron chi connectivity index (χ3n) is 5.85. The van der Waals surface area contributed by atoms with E-state index >= 15 is 0 Å². The number of rotatable bonds is 3. The Bertz CT molecular complexity index is 781. The molecule has 136 valence electrons. The number of fused-ring (bicyclic) bond motifs is 1. The molecule has 3 nitrogen and oxygen atoms in total. The van der Waals surface area contributed by atoms with Crippen molar-refractivity contribution < 1.29 is 13.9 Å². The second-order valence-electron chi connectivity index (χ2n) is 7.32. The van der Waals surface area contributed by atoms with Crippen LogP contribution in [-0.4, -0.2) is 19.1 Å². The average molecular weight is 353 g/mol. The van der Waals surface area contributed by atoms with E-state index in [4.69, 9.17) is 4.74 Å². The third kappa shape index (κ3) is 3.14. The molecule has 0 radical (unpaired) electrons. The standard InChI is InChI=1S/C22H24FNO2/c23-18-10-8-17(9-11-18)22(12-14-26-15-13-22)21(25)24-20-7-3-5-16-4-1-2-6-19(16)20/h1-2,4,6,8-11,20H,3,5,7,12-15H2,(H,24,25). The molecule has 0 saturated carbocycles. The van der Waals surface area contributed by atoms with E-state index < -0.39 is 5.41 Å². The first kappa shape index (κ1) is 17.2. The topological polar surface area (TPSA) is 38.3 Å². The number of amides is 1. The number of hydrogen-bond donors (Lipinski definition) is 1. The second-order valence-corrected chi connectivity index (χ2v) is 7.32. The monoisotopic (exact) mass is 353 g/mol. The van der Waals surface area contributed by atoms with Gasteiger partial charge in [0.25, 0.3) is 0 Å². The number of hydrogen-bond acceptors (Lipinski definition) is 2. The van der Waals surface area contributed by atoms with E-state index in [1.807, 2.05) is 6.07 Å². The summed E-state index contributed by atoms with van der Waals surface area (Å²) in [7, 11) is 0. The molecule has 26 heavy (non-hydrogen) atoms. The van der Waals surface area contributed by atoms with Crippen LogP contribution in [0.2, 0.25) is 0 Å². The fourth-order valence-corrected chi connectivity index (χ4v) is 4.34. The maximum Gasteiger partial charge on any atom is 0.231 e. The summed E-state index contributed by atoms with van der Waals surface area (Å²) in [6.07, 6.45) is 4.35. The van der Waals surface area contributed by atoms with Gasteiger partial charge in [-0.25, -0.2) is 4.39 Å². The van der Waals surface area contributed by atoms with Crippen molar-refractivity contribution in [2.24, 2.45) is 0 Å². The van der Waals surface area contributed by atoms with Crippen molar-refractivity contribution in [2.75, 3.05) is 13.2 Å². The van der Waals surface area contributed by atoms with Gasteiger partial charge in [0.1, 0.15) is 5.82 Å². The van der Waals surface area contributed by atoms with Crippen LogP contribution in [0.5, 0.6) is 0 Å². The van der Waals surface area contributed by atoms with E-state index in [1.165, 1.54) is 23.3 Å². The maximum absolute atomic E-state index is 13.4. The van der Waals surface area contributed by atoms with E-state index in [2.05, 4.69) is 23.5 Å². The quantitative estimate of drug-likeness (QED) is 0.903. The van der Waals surface area contributed by atoms with E-state index in [9.17, 15) is 9.18 Å². The predicted molar refractivity (Wildman–Crippen MR) is 98.4 cm³/mol. The molecule has 1 aliphatic carbocycles. The van der Waals surface area contributed by atoms with Crippen molar-refractivity contribution in [1.82, 2.24) is 5.32 Å². The van der Waals surface area contributed by atoms with Crippen LogP contribution in [-0.2, 0) is 21.4 Å². The third-order valence-corrected chi connectivity index (χ3v) is 5.85. The zero-order valence-corrected chi connectivity index (χ0v) is 14.8. The first-order valence-electron chi connectivity index (χ1n) is 9.42. The van der Waals surface area contributed by atoms with E-state index in [1.54, 1.807) is 12.1 Å². The van der Waals surface area contributed by atoms with Crippen LogP contribution < -0.4 is 5.32 Å². The van der Waals surface area contributed by atoms with Crippen LogP contribution in [0.3, 0.4) is 0 Å². The lowest BCUT2D eigenvalue weighted by Gasteiger charge is -2.38. The highest BCUT2D eigenvalue weighted by molar-refractivity contribution is 5.88. The molecule has 1 heterocycles. The zero-order chi connectivity index (χ0) is 18.0. The minimum atomic E-state index is -0.641. The Kier molecular flexibility index (Phi) is 4.77. The van der Waals surface area contributed by atoms with Crippen molar-refractivity contribution in [3.8, 4) is 0 Å². The molecule has 1 N–H and O–H groups in total. The maximum atomic E-state index is 13.4. The summed E-state index contributed by atoms with van der Waals surface area (Å²) in [5.74, 6) is -0.244. The van der Waals surface area contributed by atoms with Crippen molar-refractivity contribution in [1.29, 1.82) is 0 Å². The molecule has 2 aromatic carbocycles. The molecule has 0 aromatic heterocycles. The predicted octanol–water partition coefficient (Wildman–Crippen LogP) is 4.07. The summed E-state index contributed by atoms with van der Waals surface area (Å²) >= 11 is 0. The van der Waals surface area contributed by atoms with Gasteiger partial charge < -0.3 is 10.1 Å². The Morgan fingerprint density at radius 1 is 1.08 bits per heavy atom. The highest BCUT2D eigenvalue weighted by Gasteiger charge is 2.42. The van der Waals surface area contributed by atoms with Crippen LogP contribution in [0.15, 0.2) is 48.5 Å². The number of nitrogens with one attached hydrogen (secondary N) is 1. The molecule has 2 aliphatic rings. The molecule has 1 aliphatic heterocycles. The fraction of sp³-hybridized carbons (Fsp3) is 0.409. The van der Waals surface area contributed by atoms with Crippen molar-refractivity contribution >= 4 is 5.91 Å². The van der Waals surface area contributed by atoms with Gasteiger partial charge in [0.15, 0.2) is 0 Å². The Hall–Kier alpha value is -2.20. The largest absolute Gasteiger partial charge is 0.381 e. The highest BCUT2D eigenvalue weighted by Crippen LogP contribution is 2.37. The minimum Gasteiger partial charge on any atom is -0.381 e. The van der Waals surface area contributed by atoms with Gasteiger partial charge >= 0.3 is 0 Å². The van der Waals surface area contributed by atoms with Crippen LogP contribution in [0.25, 0.3) is 0 Å². The Morgan fingerprint density at radius 3 is 2.58 bits per heavy atom. The number of benzene rings is 2. The lowest BCUT2D eigenvalue weighted by Crippen LogP contribution is -2.49. The Morgan fingerprint density at radius 2 is 1.81 bits per heavy atom. The van der Waals surface area contributed by atoms with Crippen LogP contribution in [0.1, 0.15) is 48.4 Å². The lowest BCUT2D eigenvalue weighted by molar-refractivity contribution is -0.131. The van der Waals surface area contributed by atoms with Crippen molar-refractivity contribution in [3.05, 3.63) is 71.0 Å². The van der Waals surface area contributed by atoms with Gasteiger partial charge in [-0.2, -0.15) is 0 Å². The Balaban J connectivity index is 1.63. The van der Waals surface area contributed by atoms with Gasteiger partial charge in [0.2, 0.25) is 5.91 Å². The number of carbonyl (C=O) groups is 1. The molecule has 1 unspecified atom stereocenters. The smallest absolute Gasteiger partial charge is 0.231 e. The molecular formula is C22H24FNO2.